The molecule has 5 heteroatoms. The summed E-state index contributed by atoms with van der Waals surface area (Å²) < 4.78 is 1.25. The molecule has 0 fully saturated rings. The molecule has 0 unspecified atom stereocenters. The molecular formula is C16H23N2O2Y-. The molecule has 113 valence electrons. The molecule has 0 atom stereocenters. The van der Waals surface area contributed by atoms with E-state index in [1.165, 1.54) is 4.68 Å². The van der Waals surface area contributed by atoms with Crippen LogP contribution in [0, 0.1) is 21.3 Å². The van der Waals surface area contributed by atoms with Gasteiger partial charge < -0.3 is 12.5 Å². The Hall–Kier alpha value is -0.996. The van der Waals surface area contributed by atoms with E-state index in [1.54, 1.807) is 14.0 Å². The van der Waals surface area contributed by atoms with Gasteiger partial charge in [-0.1, -0.05) is 38.1 Å². The molecule has 1 aromatic heterocycles. The third-order valence-corrected chi connectivity index (χ3v) is 2.80. The summed E-state index contributed by atoms with van der Waals surface area (Å²) >= 11 is 0. The van der Waals surface area contributed by atoms with Gasteiger partial charge in [0, 0.05) is 39.8 Å². The first-order valence-corrected chi connectivity index (χ1v) is 6.35. The van der Waals surface area contributed by atoms with Crippen molar-refractivity contribution in [3.63, 3.8) is 0 Å². The minimum absolute atomic E-state index is 0. The largest absolute Gasteiger partial charge is 0.505 e. The summed E-state index contributed by atoms with van der Waals surface area (Å²) in [7, 11) is 1.58. The molecule has 1 aromatic carbocycles. The smallest absolute Gasteiger partial charge is 0.278 e. The van der Waals surface area contributed by atoms with Gasteiger partial charge in [-0.05, 0) is 25.0 Å². The van der Waals surface area contributed by atoms with E-state index in [0.29, 0.717) is 11.3 Å². The molecule has 0 bridgehead atoms. The number of benzene rings is 1. The van der Waals surface area contributed by atoms with Crippen molar-refractivity contribution in [3.8, 4) is 16.9 Å². The van der Waals surface area contributed by atoms with Gasteiger partial charge in [0.1, 0.15) is 5.69 Å². The van der Waals surface area contributed by atoms with Crippen molar-refractivity contribution in [1.82, 2.24) is 9.78 Å². The van der Waals surface area contributed by atoms with Crippen LogP contribution in [0.15, 0.2) is 29.1 Å². The summed E-state index contributed by atoms with van der Waals surface area (Å²) in [4.78, 5) is 12.0. The standard InChI is InChI=1S/C13H14N2O2.C2H6.CH3.Y/c1-8-6-4-5-7-10(8)11-12(16)9(2)14-15(3)13(11)17;1-2;;/h4-7,16H,1-3H3;1-2H3;1H3;/q;;-1;. The average Bonchev–Trinajstić information content (AvgIpc) is 2.41. The fourth-order valence-corrected chi connectivity index (χ4v) is 1.86. The number of aryl methyl sites for hydroxylation is 3. The van der Waals surface area contributed by atoms with Gasteiger partial charge in [-0.3, -0.25) is 4.79 Å². The van der Waals surface area contributed by atoms with Gasteiger partial charge in [-0.2, -0.15) is 5.10 Å². The van der Waals surface area contributed by atoms with Crippen molar-refractivity contribution in [2.45, 2.75) is 27.7 Å². The minimum atomic E-state index is -0.289. The number of rotatable bonds is 1. The average molecular weight is 364 g/mol. The maximum absolute atomic E-state index is 12.0. The maximum atomic E-state index is 12.0. The van der Waals surface area contributed by atoms with Crippen molar-refractivity contribution in [2.24, 2.45) is 7.05 Å². The number of nitrogens with zero attached hydrogens (tertiary/aromatic N) is 2. The van der Waals surface area contributed by atoms with Gasteiger partial charge in [0.2, 0.25) is 0 Å². The molecule has 0 aliphatic rings. The molecule has 2 rings (SSSR count). The SMILES string of the molecule is CC.Cc1ccccc1-c1c(O)c(C)nn(C)c1=O.[CH3-].[Y]. The van der Waals surface area contributed by atoms with Crippen LogP contribution in [0.3, 0.4) is 0 Å². The molecule has 0 aliphatic heterocycles. The quantitative estimate of drug-likeness (QED) is 0.791. The zero-order valence-corrected chi connectivity index (χ0v) is 16.5. The summed E-state index contributed by atoms with van der Waals surface area (Å²) in [6, 6.07) is 7.47. The predicted octanol–water partition coefficient (Wildman–Crippen LogP) is 3.24. The van der Waals surface area contributed by atoms with Crippen molar-refractivity contribution in [3.05, 3.63) is 53.3 Å². The fraction of sp³-hybridized carbons (Fsp3) is 0.312. The van der Waals surface area contributed by atoms with Crippen LogP contribution in [0.2, 0.25) is 0 Å². The van der Waals surface area contributed by atoms with Gasteiger partial charge in [-0.15, -0.1) is 0 Å². The van der Waals surface area contributed by atoms with Crippen LogP contribution in [0.1, 0.15) is 25.1 Å². The predicted molar refractivity (Wildman–Crippen MR) is 83.8 cm³/mol. The van der Waals surface area contributed by atoms with E-state index in [9.17, 15) is 9.90 Å². The Morgan fingerprint density at radius 1 is 1.14 bits per heavy atom. The van der Waals surface area contributed by atoms with Crippen LogP contribution in [-0.2, 0) is 39.8 Å². The number of aromatic hydroxyl groups is 1. The molecule has 4 nitrogen and oxygen atoms in total. The van der Waals surface area contributed by atoms with Crippen LogP contribution in [0.5, 0.6) is 5.75 Å². The van der Waals surface area contributed by atoms with E-state index < -0.39 is 0 Å². The Bertz CT molecular complexity index is 637. The van der Waals surface area contributed by atoms with Gasteiger partial charge in [-0.25, -0.2) is 4.68 Å². The molecule has 0 saturated heterocycles. The topological polar surface area (TPSA) is 55.1 Å². The van der Waals surface area contributed by atoms with Gasteiger partial charge in [0.15, 0.2) is 5.75 Å². The number of hydrogen-bond donors (Lipinski definition) is 1. The van der Waals surface area contributed by atoms with Gasteiger partial charge >= 0.3 is 0 Å². The monoisotopic (exact) mass is 364 g/mol. The van der Waals surface area contributed by atoms with Crippen molar-refractivity contribution < 1.29 is 37.8 Å². The first-order chi connectivity index (χ1) is 9.02. The Labute approximate surface area is 152 Å². The number of hydrogen-bond acceptors (Lipinski definition) is 3. The van der Waals surface area contributed by atoms with Crippen LogP contribution in [0.4, 0.5) is 0 Å². The van der Waals surface area contributed by atoms with E-state index in [-0.39, 0.29) is 51.4 Å². The van der Waals surface area contributed by atoms with Gasteiger partial charge in [0.25, 0.3) is 5.56 Å². The van der Waals surface area contributed by atoms with E-state index in [4.69, 9.17) is 0 Å². The summed E-state index contributed by atoms with van der Waals surface area (Å²) in [5.74, 6) is -0.0394. The summed E-state index contributed by atoms with van der Waals surface area (Å²) in [5.41, 5.74) is 2.17. The summed E-state index contributed by atoms with van der Waals surface area (Å²) in [5, 5.41) is 13.9. The van der Waals surface area contributed by atoms with E-state index >= 15 is 0 Å². The Morgan fingerprint density at radius 3 is 2.19 bits per heavy atom. The van der Waals surface area contributed by atoms with Crippen LogP contribution in [0.25, 0.3) is 11.1 Å². The molecule has 1 radical (unpaired) electrons. The molecule has 21 heavy (non-hydrogen) atoms. The van der Waals surface area contributed by atoms with E-state index in [0.717, 1.165) is 11.1 Å². The second kappa shape index (κ2) is 9.85. The minimum Gasteiger partial charge on any atom is -0.505 e. The van der Waals surface area contributed by atoms with Crippen LogP contribution >= 0.6 is 0 Å². The summed E-state index contributed by atoms with van der Waals surface area (Å²) in [6.45, 7) is 7.58. The summed E-state index contributed by atoms with van der Waals surface area (Å²) in [6.07, 6.45) is 0. The molecule has 1 N–H and O–H groups in total. The number of aromatic nitrogens is 2. The second-order valence-electron chi connectivity index (χ2n) is 4.05. The third kappa shape index (κ3) is 4.75. The Kier molecular flexibility index (Phi) is 10.5. The first-order valence-electron chi connectivity index (χ1n) is 6.35. The molecule has 0 spiro atoms. The molecule has 0 aliphatic carbocycles. The Morgan fingerprint density at radius 2 is 1.67 bits per heavy atom. The first kappa shape index (κ1) is 22.3. The molecule has 0 saturated carbocycles. The molecular weight excluding hydrogens is 341 g/mol. The van der Waals surface area contributed by atoms with E-state index in [1.807, 2.05) is 45.0 Å². The molecule has 0 amide bonds. The zero-order chi connectivity index (χ0) is 14.6. The Balaban J connectivity index is 0. The zero-order valence-electron chi connectivity index (χ0n) is 13.6. The fourth-order valence-electron chi connectivity index (χ4n) is 1.86. The van der Waals surface area contributed by atoms with Crippen LogP contribution in [-0.4, -0.2) is 14.9 Å². The van der Waals surface area contributed by atoms with Crippen molar-refractivity contribution in [2.75, 3.05) is 0 Å². The van der Waals surface area contributed by atoms with Crippen molar-refractivity contribution >= 4 is 0 Å². The third-order valence-electron chi connectivity index (χ3n) is 2.80. The normalized spacial score (nSPS) is 8.81. The van der Waals surface area contributed by atoms with E-state index in [2.05, 4.69) is 5.10 Å². The van der Waals surface area contributed by atoms with Crippen LogP contribution < -0.4 is 5.56 Å². The second-order valence-corrected chi connectivity index (χ2v) is 4.05. The van der Waals surface area contributed by atoms with Gasteiger partial charge in [0.05, 0.1) is 5.56 Å². The molecule has 1 heterocycles. The molecule has 2 aromatic rings. The maximum Gasteiger partial charge on any atom is 0.278 e. The van der Waals surface area contributed by atoms with Crippen molar-refractivity contribution in [1.29, 1.82) is 0 Å².